The molecule has 6 heteroatoms. The Morgan fingerprint density at radius 1 is 1.42 bits per heavy atom. The summed E-state index contributed by atoms with van der Waals surface area (Å²) in [5.74, 6) is -6.06. The molecule has 1 heterocycles. The number of hydrogen-bond donors (Lipinski definition) is 1. The van der Waals surface area contributed by atoms with Crippen molar-refractivity contribution in [1.29, 1.82) is 0 Å². The van der Waals surface area contributed by atoms with Crippen LogP contribution in [0.1, 0.15) is 6.42 Å². The molecular weight excluding hydrogens is 177 g/mol. The second kappa shape index (κ2) is 2.62. The van der Waals surface area contributed by atoms with Crippen molar-refractivity contribution in [3.05, 3.63) is 0 Å². The average Bonchev–Trinajstić information content (AvgIpc) is 1.95. The minimum absolute atomic E-state index is 0.293. The second-order valence-corrected chi connectivity index (χ2v) is 2.61. The lowest BCUT2D eigenvalue weighted by molar-refractivity contribution is -0.222. The van der Waals surface area contributed by atoms with E-state index in [1.54, 1.807) is 0 Å². The highest BCUT2D eigenvalue weighted by molar-refractivity contribution is 5.79. The summed E-state index contributed by atoms with van der Waals surface area (Å²) in [6.07, 6.45) is -0.810. The molecule has 3 nitrogen and oxygen atoms in total. The molecule has 0 amide bonds. The number of halogens is 3. The van der Waals surface area contributed by atoms with Crippen LogP contribution in [0.4, 0.5) is 13.2 Å². The lowest BCUT2D eigenvalue weighted by atomic mass is 9.93. The van der Waals surface area contributed by atoms with Crippen LogP contribution in [0.5, 0.6) is 0 Å². The van der Waals surface area contributed by atoms with Crippen LogP contribution in [0.15, 0.2) is 0 Å². The molecule has 0 bridgehead atoms. The molecule has 0 aromatic heterocycles. The first kappa shape index (κ1) is 9.31. The van der Waals surface area contributed by atoms with E-state index < -0.39 is 30.6 Å². The van der Waals surface area contributed by atoms with Crippen molar-refractivity contribution in [2.75, 3.05) is 13.2 Å². The van der Waals surface area contributed by atoms with Gasteiger partial charge >= 0.3 is 11.9 Å². The third-order valence-electron chi connectivity index (χ3n) is 1.79. The van der Waals surface area contributed by atoms with Crippen molar-refractivity contribution < 1.29 is 27.8 Å². The molecule has 70 valence electrons. The normalized spacial score (nSPS) is 34.6. The van der Waals surface area contributed by atoms with Crippen LogP contribution in [0.3, 0.4) is 0 Å². The summed E-state index contributed by atoms with van der Waals surface area (Å²) < 4.78 is 42.6. The van der Waals surface area contributed by atoms with E-state index in [2.05, 4.69) is 4.74 Å². The molecule has 0 aliphatic carbocycles. The molecule has 1 aliphatic rings. The molecular formula is C6H7F3O3. The van der Waals surface area contributed by atoms with E-state index in [1.165, 1.54) is 0 Å². The van der Waals surface area contributed by atoms with Gasteiger partial charge in [-0.05, 0) is 0 Å². The number of rotatable bonds is 1. The van der Waals surface area contributed by atoms with Crippen LogP contribution in [-0.4, -0.2) is 35.9 Å². The molecule has 12 heavy (non-hydrogen) atoms. The fourth-order valence-electron chi connectivity index (χ4n) is 0.974. The summed E-state index contributed by atoms with van der Waals surface area (Å²) in [7, 11) is 0. The van der Waals surface area contributed by atoms with Crippen LogP contribution >= 0.6 is 0 Å². The Hall–Kier alpha value is -0.780. The van der Waals surface area contributed by atoms with Crippen molar-refractivity contribution in [1.82, 2.24) is 0 Å². The van der Waals surface area contributed by atoms with Gasteiger partial charge in [-0.3, -0.25) is 0 Å². The standard InChI is InChI=1S/C6H7F3O3/c7-5(4(10)11)1-2-12-3-6(5,8)9/h1-3H2,(H,10,11). The number of hydrogen-bond acceptors (Lipinski definition) is 2. The zero-order chi connectivity index (χ0) is 9.41. The zero-order valence-corrected chi connectivity index (χ0v) is 6.02. The topological polar surface area (TPSA) is 46.5 Å². The molecule has 1 atom stereocenters. The quantitative estimate of drug-likeness (QED) is 0.656. The Kier molecular flexibility index (Phi) is 2.03. The van der Waals surface area contributed by atoms with Gasteiger partial charge in [0, 0.05) is 6.42 Å². The fourth-order valence-corrected chi connectivity index (χ4v) is 0.974. The maximum Gasteiger partial charge on any atom is 0.348 e. The molecule has 0 radical (unpaired) electrons. The first-order chi connectivity index (χ1) is 5.40. The summed E-state index contributed by atoms with van der Waals surface area (Å²) in [5.41, 5.74) is -3.47. The fraction of sp³-hybridized carbons (Fsp3) is 0.833. The number of carboxylic acid groups (broad SMARTS) is 1. The van der Waals surface area contributed by atoms with Gasteiger partial charge in [-0.15, -0.1) is 0 Å². The van der Waals surface area contributed by atoms with Gasteiger partial charge in [-0.1, -0.05) is 0 Å². The van der Waals surface area contributed by atoms with Crippen molar-refractivity contribution in [2.45, 2.75) is 18.0 Å². The van der Waals surface area contributed by atoms with E-state index in [0.29, 0.717) is 0 Å². The second-order valence-electron chi connectivity index (χ2n) is 2.61. The Morgan fingerprint density at radius 2 is 2.00 bits per heavy atom. The van der Waals surface area contributed by atoms with Gasteiger partial charge in [-0.2, -0.15) is 8.78 Å². The van der Waals surface area contributed by atoms with E-state index >= 15 is 0 Å². The molecule has 1 fully saturated rings. The first-order valence-corrected chi connectivity index (χ1v) is 3.28. The minimum Gasteiger partial charge on any atom is -0.479 e. The molecule has 0 saturated carbocycles. The lowest BCUT2D eigenvalue weighted by Crippen LogP contribution is -2.56. The van der Waals surface area contributed by atoms with Crippen LogP contribution < -0.4 is 0 Å². The SMILES string of the molecule is O=C(O)C1(F)CCOCC1(F)F. The van der Waals surface area contributed by atoms with Gasteiger partial charge in [0.1, 0.15) is 6.61 Å². The first-order valence-electron chi connectivity index (χ1n) is 3.28. The molecule has 1 aliphatic heterocycles. The van der Waals surface area contributed by atoms with Crippen LogP contribution in [-0.2, 0) is 9.53 Å². The number of ether oxygens (including phenoxy) is 1. The molecule has 0 spiro atoms. The van der Waals surface area contributed by atoms with Gasteiger partial charge in [0.05, 0.1) is 6.61 Å². The Labute approximate surface area is 66.1 Å². The third kappa shape index (κ3) is 1.16. The van der Waals surface area contributed by atoms with Crippen molar-refractivity contribution >= 4 is 5.97 Å². The average molecular weight is 184 g/mol. The Balaban J connectivity index is 2.91. The molecule has 0 aromatic carbocycles. The van der Waals surface area contributed by atoms with Crippen LogP contribution in [0.25, 0.3) is 0 Å². The maximum absolute atomic E-state index is 13.0. The van der Waals surface area contributed by atoms with E-state index in [9.17, 15) is 18.0 Å². The summed E-state index contributed by atoms with van der Waals surface area (Å²) in [6, 6.07) is 0. The van der Waals surface area contributed by atoms with Crippen molar-refractivity contribution in [2.24, 2.45) is 0 Å². The van der Waals surface area contributed by atoms with Crippen LogP contribution in [0.2, 0.25) is 0 Å². The predicted octanol–water partition coefficient (Wildman–Crippen LogP) is 0.835. The van der Waals surface area contributed by atoms with Gasteiger partial charge in [0.2, 0.25) is 0 Å². The van der Waals surface area contributed by atoms with Gasteiger partial charge in [0.25, 0.3) is 5.67 Å². The number of alkyl halides is 3. The number of carboxylic acids is 1. The van der Waals surface area contributed by atoms with E-state index in [-0.39, 0.29) is 6.61 Å². The monoisotopic (exact) mass is 184 g/mol. The smallest absolute Gasteiger partial charge is 0.348 e. The predicted molar refractivity (Wildman–Crippen MR) is 31.9 cm³/mol. The van der Waals surface area contributed by atoms with Gasteiger partial charge in [-0.25, -0.2) is 9.18 Å². The van der Waals surface area contributed by atoms with E-state index in [0.717, 1.165) is 0 Å². The largest absolute Gasteiger partial charge is 0.479 e. The highest BCUT2D eigenvalue weighted by Crippen LogP contribution is 2.38. The van der Waals surface area contributed by atoms with Crippen molar-refractivity contribution in [3.8, 4) is 0 Å². The summed E-state index contributed by atoms with van der Waals surface area (Å²) in [6.45, 7) is -1.46. The molecule has 1 unspecified atom stereocenters. The third-order valence-corrected chi connectivity index (χ3v) is 1.79. The number of aliphatic carboxylic acids is 1. The van der Waals surface area contributed by atoms with E-state index in [4.69, 9.17) is 5.11 Å². The van der Waals surface area contributed by atoms with Gasteiger partial charge in [0.15, 0.2) is 0 Å². The Bertz CT molecular complexity index is 206. The zero-order valence-electron chi connectivity index (χ0n) is 6.02. The van der Waals surface area contributed by atoms with Crippen molar-refractivity contribution in [3.63, 3.8) is 0 Å². The van der Waals surface area contributed by atoms with Gasteiger partial charge < -0.3 is 9.84 Å². The summed E-state index contributed by atoms with van der Waals surface area (Å²) >= 11 is 0. The Morgan fingerprint density at radius 3 is 2.33 bits per heavy atom. The van der Waals surface area contributed by atoms with E-state index in [1.807, 2.05) is 0 Å². The summed E-state index contributed by atoms with van der Waals surface area (Å²) in [5, 5.41) is 8.22. The lowest BCUT2D eigenvalue weighted by Gasteiger charge is -2.33. The molecule has 1 rings (SSSR count). The summed E-state index contributed by atoms with van der Waals surface area (Å²) in [4.78, 5) is 10.2. The molecule has 1 saturated heterocycles. The highest BCUT2D eigenvalue weighted by atomic mass is 19.3. The van der Waals surface area contributed by atoms with Crippen LogP contribution in [0, 0.1) is 0 Å². The number of carbonyl (C=O) groups is 1. The highest BCUT2D eigenvalue weighted by Gasteiger charge is 2.62. The molecule has 0 aromatic rings. The molecule has 1 N–H and O–H groups in total. The maximum atomic E-state index is 13.0. The minimum atomic E-state index is -3.93.